The minimum atomic E-state index is 0.361. The number of anilines is 1. The highest BCUT2D eigenvalue weighted by atomic mass is 15.2. The first-order valence-corrected chi connectivity index (χ1v) is 4.18. The summed E-state index contributed by atoms with van der Waals surface area (Å²) in [5.41, 5.74) is 5.36. The van der Waals surface area contributed by atoms with Crippen LogP contribution in [0.25, 0.3) is 0 Å². The minimum absolute atomic E-state index is 0.361. The predicted molar refractivity (Wildman–Crippen MR) is 49.7 cm³/mol. The maximum absolute atomic E-state index is 5.37. The summed E-state index contributed by atoms with van der Waals surface area (Å²) in [6, 6.07) is 8.69. The second-order valence-corrected chi connectivity index (χ2v) is 3.11. The van der Waals surface area contributed by atoms with Crippen LogP contribution < -0.4 is 16.6 Å². The molecular weight excluding hydrogens is 150 g/mol. The fourth-order valence-electron chi connectivity index (χ4n) is 1.56. The van der Waals surface area contributed by atoms with Gasteiger partial charge in [0.1, 0.15) is 0 Å². The van der Waals surface area contributed by atoms with Gasteiger partial charge in [-0.2, -0.15) is 0 Å². The molecule has 1 aromatic rings. The van der Waals surface area contributed by atoms with Gasteiger partial charge in [0, 0.05) is 18.3 Å². The highest BCUT2D eigenvalue weighted by molar-refractivity contribution is 5.53. The third-order valence-electron chi connectivity index (χ3n) is 2.26. The van der Waals surface area contributed by atoms with Crippen LogP contribution in [0.1, 0.15) is 5.56 Å². The number of nitrogens with one attached hydrogen (secondary N) is 2. The number of hydrogen-bond donors (Lipinski definition) is 3. The third-order valence-corrected chi connectivity index (χ3v) is 2.26. The lowest BCUT2D eigenvalue weighted by Gasteiger charge is -2.25. The molecule has 0 aliphatic carbocycles. The zero-order valence-corrected chi connectivity index (χ0v) is 6.88. The summed E-state index contributed by atoms with van der Waals surface area (Å²) in [6.07, 6.45) is 1.01. The third kappa shape index (κ3) is 1.29. The molecule has 0 amide bonds. The van der Waals surface area contributed by atoms with Crippen LogP contribution in [-0.4, -0.2) is 12.6 Å². The number of benzene rings is 1. The van der Waals surface area contributed by atoms with Crippen molar-refractivity contribution in [1.82, 2.24) is 5.43 Å². The van der Waals surface area contributed by atoms with Crippen molar-refractivity contribution < 1.29 is 0 Å². The van der Waals surface area contributed by atoms with Gasteiger partial charge in [-0.15, -0.1) is 0 Å². The van der Waals surface area contributed by atoms with Crippen molar-refractivity contribution in [3.8, 4) is 0 Å². The molecule has 0 aromatic heterocycles. The fourth-order valence-corrected chi connectivity index (χ4v) is 1.56. The Balaban J connectivity index is 2.23. The first-order valence-electron chi connectivity index (χ1n) is 4.18. The largest absolute Gasteiger partial charge is 0.383 e. The lowest BCUT2D eigenvalue weighted by molar-refractivity contribution is 0.536. The Labute approximate surface area is 71.9 Å². The molecule has 1 aliphatic rings. The van der Waals surface area contributed by atoms with E-state index in [0.717, 1.165) is 13.0 Å². The minimum Gasteiger partial charge on any atom is -0.383 e. The lowest BCUT2D eigenvalue weighted by Crippen LogP contribution is -2.44. The van der Waals surface area contributed by atoms with Gasteiger partial charge < -0.3 is 5.32 Å². The summed E-state index contributed by atoms with van der Waals surface area (Å²) in [4.78, 5) is 0. The molecule has 0 fully saturated rings. The molecule has 0 bridgehead atoms. The van der Waals surface area contributed by atoms with Crippen LogP contribution in [0, 0.1) is 0 Å². The van der Waals surface area contributed by atoms with Crippen LogP contribution in [0.3, 0.4) is 0 Å². The van der Waals surface area contributed by atoms with Crippen LogP contribution in [0.5, 0.6) is 0 Å². The summed E-state index contributed by atoms with van der Waals surface area (Å²) in [7, 11) is 0. The summed E-state index contributed by atoms with van der Waals surface area (Å²) in [5, 5.41) is 3.32. The zero-order chi connectivity index (χ0) is 8.39. The Bertz CT molecular complexity index is 272. The molecule has 12 heavy (non-hydrogen) atoms. The maximum Gasteiger partial charge on any atom is 0.0424 e. The molecule has 3 heteroatoms. The molecule has 0 spiro atoms. The number of hydrazine groups is 1. The topological polar surface area (TPSA) is 50.1 Å². The Hall–Kier alpha value is -1.06. The second-order valence-electron chi connectivity index (χ2n) is 3.11. The molecule has 1 heterocycles. The van der Waals surface area contributed by atoms with E-state index in [4.69, 9.17) is 5.84 Å². The van der Waals surface area contributed by atoms with Crippen LogP contribution >= 0.6 is 0 Å². The van der Waals surface area contributed by atoms with E-state index in [1.165, 1.54) is 11.3 Å². The summed E-state index contributed by atoms with van der Waals surface area (Å²) in [6.45, 7) is 0.910. The molecule has 4 N–H and O–H groups in total. The quantitative estimate of drug-likeness (QED) is 0.417. The van der Waals surface area contributed by atoms with Crippen LogP contribution in [0.4, 0.5) is 5.69 Å². The second kappa shape index (κ2) is 3.13. The van der Waals surface area contributed by atoms with Crippen molar-refractivity contribution in [1.29, 1.82) is 0 Å². The maximum atomic E-state index is 5.37. The van der Waals surface area contributed by atoms with E-state index in [1.54, 1.807) is 0 Å². The molecule has 2 rings (SSSR count). The highest BCUT2D eigenvalue weighted by Gasteiger charge is 2.15. The number of rotatable bonds is 1. The average Bonchev–Trinajstić information content (AvgIpc) is 2.17. The normalized spacial score (nSPS) is 21.2. The zero-order valence-electron chi connectivity index (χ0n) is 6.88. The van der Waals surface area contributed by atoms with Gasteiger partial charge in [-0.3, -0.25) is 11.3 Å². The van der Waals surface area contributed by atoms with E-state index in [1.807, 2.05) is 6.07 Å². The molecule has 64 valence electrons. The molecule has 1 aliphatic heterocycles. The first-order chi connectivity index (χ1) is 5.90. The molecular formula is C9H13N3. The van der Waals surface area contributed by atoms with E-state index in [2.05, 4.69) is 28.9 Å². The van der Waals surface area contributed by atoms with Gasteiger partial charge in [0.15, 0.2) is 0 Å². The Morgan fingerprint density at radius 3 is 3.08 bits per heavy atom. The standard InChI is InChI=1S/C9H13N3/c10-12-8-5-7-3-1-2-4-9(7)11-6-8/h1-4,8,11-12H,5-6,10H2. The van der Waals surface area contributed by atoms with Gasteiger partial charge in [0.2, 0.25) is 0 Å². The van der Waals surface area contributed by atoms with Crippen LogP contribution in [0.15, 0.2) is 24.3 Å². The molecule has 1 unspecified atom stereocenters. The Kier molecular flexibility index (Phi) is 1.98. The van der Waals surface area contributed by atoms with Crippen LogP contribution in [-0.2, 0) is 6.42 Å². The molecule has 0 saturated heterocycles. The molecule has 1 atom stereocenters. The monoisotopic (exact) mass is 163 g/mol. The van der Waals surface area contributed by atoms with Gasteiger partial charge in [-0.05, 0) is 18.1 Å². The van der Waals surface area contributed by atoms with Crippen molar-refractivity contribution in [3.63, 3.8) is 0 Å². The van der Waals surface area contributed by atoms with Crippen molar-refractivity contribution >= 4 is 5.69 Å². The molecule has 0 saturated carbocycles. The number of hydrogen-bond acceptors (Lipinski definition) is 3. The van der Waals surface area contributed by atoms with Gasteiger partial charge in [0.05, 0.1) is 0 Å². The van der Waals surface area contributed by atoms with Crippen molar-refractivity contribution in [3.05, 3.63) is 29.8 Å². The van der Waals surface area contributed by atoms with Crippen molar-refractivity contribution in [2.75, 3.05) is 11.9 Å². The van der Waals surface area contributed by atoms with E-state index >= 15 is 0 Å². The summed E-state index contributed by atoms with van der Waals surface area (Å²) in [5.74, 6) is 5.37. The average molecular weight is 163 g/mol. The molecule has 1 aromatic carbocycles. The van der Waals surface area contributed by atoms with E-state index in [-0.39, 0.29) is 0 Å². The van der Waals surface area contributed by atoms with Gasteiger partial charge in [-0.1, -0.05) is 18.2 Å². The summed E-state index contributed by atoms with van der Waals surface area (Å²) >= 11 is 0. The Morgan fingerprint density at radius 1 is 1.42 bits per heavy atom. The van der Waals surface area contributed by atoms with E-state index in [0.29, 0.717) is 6.04 Å². The smallest absolute Gasteiger partial charge is 0.0424 e. The number of nitrogens with two attached hydrogens (primary N) is 1. The van der Waals surface area contributed by atoms with Gasteiger partial charge in [0.25, 0.3) is 0 Å². The van der Waals surface area contributed by atoms with Gasteiger partial charge in [-0.25, -0.2) is 0 Å². The fraction of sp³-hybridized carbons (Fsp3) is 0.333. The predicted octanol–water partition coefficient (Wildman–Crippen LogP) is 0.486. The first kappa shape index (κ1) is 7.58. The number of para-hydroxylation sites is 1. The van der Waals surface area contributed by atoms with Gasteiger partial charge >= 0.3 is 0 Å². The molecule has 0 radical (unpaired) electrons. The van der Waals surface area contributed by atoms with E-state index < -0.39 is 0 Å². The molecule has 3 nitrogen and oxygen atoms in total. The van der Waals surface area contributed by atoms with Crippen molar-refractivity contribution in [2.45, 2.75) is 12.5 Å². The van der Waals surface area contributed by atoms with Crippen molar-refractivity contribution in [2.24, 2.45) is 5.84 Å². The summed E-state index contributed by atoms with van der Waals surface area (Å²) < 4.78 is 0. The number of fused-ring (bicyclic) bond motifs is 1. The lowest BCUT2D eigenvalue weighted by atomic mass is 10.0. The highest BCUT2D eigenvalue weighted by Crippen LogP contribution is 2.20. The van der Waals surface area contributed by atoms with Crippen LogP contribution in [0.2, 0.25) is 0 Å². The van der Waals surface area contributed by atoms with E-state index in [9.17, 15) is 0 Å². The SMILES string of the molecule is NNC1CNc2ccccc2C1. The Morgan fingerprint density at radius 2 is 2.25 bits per heavy atom.